The summed E-state index contributed by atoms with van der Waals surface area (Å²) in [6.07, 6.45) is 3.13. The maximum absolute atomic E-state index is 13.1. The molecule has 2 heterocycles. The van der Waals surface area contributed by atoms with E-state index in [1.807, 2.05) is 0 Å². The molecule has 2 saturated heterocycles. The fourth-order valence-electron chi connectivity index (χ4n) is 3.88. The van der Waals surface area contributed by atoms with Gasteiger partial charge in [-0.3, -0.25) is 9.69 Å². The van der Waals surface area contributed by atoms with Crippen molar-refractivity contribution in [3.8, 4) is 0 Å². The van der Waals surface area contributed by atoms with Crippen molar-refractivity contribution in [1.82, 2.24) is 4.90 Å². The molecule has 0 bridgehead atoms. The average molecular weight is 263 g/mol. The predicted molar refractivity (Wildman–Crippen MR) is 69.3 cm³/mol. The van der Waals surface area contributed by atoms with Gasteiger partial charge in [0.05, 0.1) is 0 Å². The summed E-state index contributed by atoms with van der Waals surface area (Å²) in [5.41, 5.74) is 0.0186. The molecule has 0 aliphatic carbocycles. The first-order valence-corrected chi connectivity index (χ1v) is 6.76. The van der Waals surface area contributed by atoms with Crippen LogP contribution in [0.15, 0.2) is 24.3 Å². The zero-order valence-corrected chi connectivity index (χ0v) is 11.0. The van der Waals surface area contributed by atoms with Crippen LogP contribution in [0.1, 0.15) is 38.2 Å². The number of hydrogen-bond acceptors (Lipinski definition) is 2. The quantitative estimate of drug-likeness (QED) is 0.892. The maximum atomic E-state index is 13.1. The molecule has 2 unspecified atom stereocenters. The first-order chi connectivity index (χ1) is 8.99. The highest BCUT2D eigenvalue weighted by Gasteiger charge is 2.59. The molecule has 2 aliphatic rings. The normalized spacial score (nSPS) is 34.4. The van der Waals surface area contributed by atoms with Gasteiger partial charge in [0.1, 0.15) is 11.4 Å². The van der Waals surface area contributed by atoms with E-state index in [2.05, 4.69) is 11.8 Å². The van der Waals surface area contributed by atoms with E-state index in [4.69, 9.17) is 0 Å². The molecule has 1 aromatic carbocycles. The highest BCUT2D eigenvalue weighted by atomic mass is 19.1. The van der Waals surface area contributed by atoms with E-state index in [0.29, 0.717) is 6.42 Å². The molecule has 2 atom stereocenters. The van der Waals surface area contributed by atoms with Gasteiger partial charge in [0, 0.05) is 12.1 Å². The number of rotatable bonds is 2. The van der Waals surface area contributed by atoms with Gasteiger partial charge >= 0.3 is 5.97 Å². The second-order valence-electron chi connectivity index (χ2n) is 5.87. The van der Waals surface area contributed by atoms with E-state index in [1.165, 1.54) is 12.1 Å². The lowest BCUT2D eigenvalue weighted by atomic mass is 9.88. The summed E-state index contributed by atoms with van der Waals surface area (Å²) < 4.78 is 13.1. The van der Waals surface area contributed by atoms with Crippen LogP contribution in [0.3, 0.4) is 0 Å². The summed E-state index contributed by atoms with van der Waals surface area (Å²) in [7, 11) is 0. The Morgan fingerprint density at radius 2 is 1.95 bits per heavy atom. The first-order valence-electron chi connectivity index (χ1n) is 6.76. The minimum absolute atomic E-state index is 0.253. The van der Waals surface area contributed by atoms with E-state index in [1.54, 1.807) is 12.1 Å². The van der Waals surface area contributed by atoms with E-state index in [9.17, 15) is 14.3 Å². The van der Waals surface area contributed by atoms with Crippen LogP contribution in [-0.4, -0.2) is 28.1 Å². The van der Waals surface area contributed by atoms with E-state index < -0.39 is 11.5 Å². The molecule has 1 aromatic rings. The SMILES string of the molecule is CC1(c2ccc(F)cc2)CCC2(C(=O)O)CCCN21. The third kappa shape index (κ3) is 1.62. The molecule has 0 aromatic heterocycles. The van der Waals surface area contributed by atoms with Gasteiger partial charge in [0.15, 0.2) is 0 Å². The van der Waals surface area contributed by atoms with Crippen molar-refractivity contribution in [2.75, 3.05) is 6.54 Å². The minimum atomic E-state index is -0.712. The van der Waals surface area contributed by atoms with Crippen molar-refractivity contribution in [2.45, 2.75) is 43.7 Å². The molecule has 102 valence electrons. The molecule has 0 radical (unpaired) electrons. The van der Waals surface area contributed by atoms with Gasteiger partial charge in [0.25, 0.3) is 0 Å². The number of carboxylic acid groups (broad SMARTS) is 1. The lowest BCUT2D eigenvalue weighted by Crippen LogP contribution is -2.51. The maximum Gasteiger partial charge on any atom is 0.324 e. The Bertz CT molecular complexity index is 515. The Labute approximate surface area is 112 Å². The molecular formula is C15H18FNO2. The summed E-state index contributed by atoms with van der Waals surface area (Å²) >= 11 is 0. The Morgan fingerprint density at radius 3 is 2.58 bits per heavy atom. The number of nitrogens with zero attached hydrogens (tertiary/aromatic N) is 1. The molecule has 2 aliphatic heterocycles. The van der Waals surface area contributed by atoms with Crippen LogP contribution in [0.25, 0.3) is 0 Å². The lowest BCUT2D eigenvalue weighted by molar-refractivity contribution is -0.150. The lowest BCUT2D eigenvalue weighted by Gasteiger charge is -2.39. The summed E-state index contributed by atoms with van der Waals surface area (Å²) in [6, 6.07) is 6.48. The van der Waals surface area contributed by atoms with Gasteiger partial charge < -0.3 is 5.11 Å². The third-order valence-electron chi connectivity index (χ3n) is 4.97. The molecule has 3 nitrogen and oxygen atoms in total. The van der Waals surface area contributed by atoms with E-state index >= 15 is 0 Å². The van der Waals surface area contributed by atoms with E-state index in [-0.39, 0.29) is 11.4 Å². The molecule has 1 N–H and O–H groups in total. The monoisotopic (exact) mass is 263 g/mol. The molecule has 19 heavy (non-hydrogen) atoms. The van der Waals surface area contributed by atoms with Gasteiger partial charge in [-0.1, -0.05) is 12.1 Å². The van der Waals surface area contributed by atoms with Crippen LogP contribution >= 0.6 is 0 Å². The fourth-order valence-corrected chi connectivity index (χ4v) is 3.88. The number of hydrogen-bond donors (Lipinski definition) is 1. The van der Waals surface area contributed by atoms with Gasteiger partial charge in [-0.05, 0) is 50.3 Å². The Morgan fingerprint density at radius 1 is 1.26 bits per heavy atom. The number of halogens is 1. The third-order valence-corrected chi connectivity index (χ3v) is 4.97. The summed E-state index contributed by atoms with van der Waals surface area (Å²) in [4.78, 5) is 13.8. The smallest absolute Gasteiger partial charge is 0.324 e. The predicted octanol–water partition coefficient (Wildman–Crippen LogP) is 2.75. The molecule has 2 fully saturated rings. The van der Waals surface area contributed by atoms with Crippen LogP contribution < -0.4 is 0 Å². The van der Waals surface area contributed by atoms with Crippen LogP contribution in [0.2, 0.25) is 0 Å². The Hall–Kier alpha value is -1.42. The summed E-state index contributed by atoms with van der Waals surface area (Å²) in [5.74, 6) is -0.966. The van der Waals surface area contributed by atoms with Crippen molar-refractivity contribution >= 4 is 5.97 Å². The summed E-state index contributed by atoms with van der Waals surface area (Å²) in [6.45, 7) is 2.89. The van der Waals surface area contributed by atoms with Gasteiger partial charge in [0.2, 0.25) is 0 Å². The second kappa shape index (κ2) is 4.04. The van der Waals surface area contributed by atoms with Crippen LogP contribution in [-0.2, 0) is 10.3 Å². The number of benzene rings is 1. The Kier molecular flexibility index (Phi) is 2.68. The Balaban J connectivity index is 2.02. The standard InChI is InChI=1S/C15H18FNO2/c1-14(11-3-5-12(16)6-4-11)8-9-15(13(18)19)7-2-10-17(14)15/h3-6H,2,7-10H2,1H3,(H,18,19). The van der Waals surface area contributed by atoms with E-state index in [0.717, 1.165) is 31.4 Å². The van der Waals surface area contributed by atoms with Crippen LogP contribution in [0.5, 0.6) is 0 Å². The zero-order chi connectivity index (χ0) is 13.7. The number of carboxylic acids is 1. The van der Waals surface area contributed by atoms with Crippen molar-refractivity contribution in [1.29, 1.82) is 0 Å². The van der Waals surface area contributed by atoms with Gasteiger partial charge in [-0.25, -0.2) is 4.39 Å². The average Bonchev–Trinajstić information content (AvgIpc) is 2.92. The van der Waals surface area contributed by atoms with Crippen molar-refractivity contribution in [2.24, 2.45) is 0 Å². The fraction of sp³-hybridized carbons (Fsp3) is 0.533. The number of aliphatic carboxylic acids is 1. The number of fused-ring (bicyclic) bond motifs is 1. The second-order valence-corrected chi connectivity index (χ2v) is 5.87. The molecule has 4 heteroatoms. The van der Waals surface area contributed by atoms with Gasteiger partial charge in [-0.15, -0.1) is 0 Å². The highest BCUT2D eigenvalue weighted by Crippen LogP contribution is 2.52. The molecular weight excluding hydrogens is 245 g/mol. The largest absolute Gasteiger partial charge is 0.480 e. The molecule has 0 amide bonds. The van der Waals surface area contributed by atoms with Crippen molar-refractivity contribution < 1.29 is 14.3 Å². The van der Waals surface area contributed by atoms with Crippen LogP contribution in [0, 0.1) is 5.82 Å². The number of carbonyl (C=O) groups is 1. The van der Waals surface area contributed by atoms with Crippen molar-refractivity contribution in [3.63, 3.8) is 0 Å². The summed E-state index contributed by atoms with van der Waals surface area (Å²) in [5, 5.41) is 9.60. The molecule has 0 spiro atoms. The molecule has 0 saturated carbocycles. The highest BCUT2D eigenvalue weighted by molar-refractivity contribution is 5.80. The zero-order valence-electron chi connectivity index (χ0n) is 11.0. The van der Waals surface area contributed by atoms with Crippen LogP contribution in [0.4, 0.5) is 4.39 Å². The van der Waals surface area contributed by atoms with Crippen molar-refractivity contribution in [3.05, 3.63) is 35.6 Å². The molecule has 3 rings (SSSR count). The minimum Gasteiger partial charge on any atom is -0.480 e. The van der Waals surface area contributed by atoms with Gasteiger partial charge in [-0.2, -0.15) is 0 Å². The first kappa shape index (κ1) is 12.6. The topological polar surface area (TPSA) is 40.5 Å².